The molecule has 0 atom stereocenters. The summed E-state index contributed by atoms with van der Waals surface area (Å²) in [6, 6.07) is 10.7. The molecule has 1 aromatic heterocycles. The number of fused-ring (bicyclic) bond motifs is 1. The number of imidazole rings is 1. The van der Waals surface area contributed by atoms with Crippen molar-refractivity contribution in [2.24, 2.45) is 0 Å². The standard InChI is InChI=1S/C21H24ClN3O3S2/c1-5-25(6-2)30(26,27)15-8-9-17-18(13-15)24-21(23-17)16(22)11-14-7-10-20(29-4)19(12-14)28-3/h7-13H,5-6H2,1-4H3,(H,23,24)/b16-11-. The molecule has 0 aliphatic rings. The largest absolute Gasteiger partial charge is 0.496 e. The molecule has 0 fully saturated rings. The third-order valence-electron chi connectivity index (χ3n) is 4.72. The summed E-state index contributed by atoms with van der Waals surface area (Å²) < 4.78 is 32.4. The summed E-state index contributed by atoms with van der Waals surface area (Å²) in [5.74, 6) is 1.24. The van der Waals surface area contributed by atoms with Crippen molar-refractivity contribution in [3.05, 3.63) is 47.8 Å². The number of hydrogen-bond donors (Lipinski definition) is 1. The van der Waals surface area contributed by atoms with E-state index in [1.807, 2.05) is 38.3 Å². The number of H-pyrrole nitrogens is 1. The van der Waals surface area contributed by atoms with E-state index >= 15 is 0 Å². The van der Waals surface area contributed by atoms with Crippen molar-refractivity contribution in [2.45, 2.75) is 23.6 Å². The maximum atomic E-state index is 12.8. The molecule has 160 valence electrons. The van der Waals surface area contributed by atoms with Crippen LogP contribution in [0, 0.1) is 0 Å². The lowest BCUT2D eigenvalue weighted by Gasteiger charge is -2.18. The average molecular weight is 466 g/mol. The van der Waals surface area contributed by atoms with Crippen LogP contribution in [-0.2, 0) is 10.0 Å². The van der Waals surface area contributed by atoms with E-state index in [1.165, 1.54) is 4.31 Å². The van der Waals surface area contributed by atoms with E-state index in [9.17, 15) is 8.42 Å². The second kappa shape index (κ2) is 9.43. The first-order valence-corrected chi connectivity index (χ1v) is 12.5. The molecule has 0 aliphatic heterocycles. The molecule has 30 heavy (non-hydrogen) atoms. The lowest BCUT2D eigenvalue weighted by Crippen LogP contribution is -2.30. The van der Waals surface area contributed by atoms with Crippen LogP contribution < -0.4 is 4.74 Å². The number of methoxy groups -OCH3 is 1. The van der Waals surface area contributed by atoms with Gasteiger partial charge in [-0.1, -0.05) is 31.5 Å². The van der Waals surface area contributed by atoms with Crippen LogP contribution in [0.15, 0.2) is 46.2 Å². The van der Waals surface area contributed by atoms with Gasteiger partial charge in [-0.15, -0.1) is 11.8 Å². The van der Waals surface area contributed by atoms with Gasteiger partial charge in [0.2, 0.25) is 10.0 Å². The zero-order chi connectivity index (χ0) is 21.9. The van der Waals surface area contributed by atoms with E-state index < -0.39 is 10.0 Å². The SMILES string of the molecule is CCN(CC)S(=O)(=O)c1ccc2nc(/C(Cl)=C/c3ccc(SC)c(OC)c3)[nH]c2c1. The smallest absolute Gasteiger partial charge is 0.243 e. The Morgan fingerprint density at radius 3 is 2.60 bits per heavy atom. The number of nitrogens with zero attached hydrogens (tertiary/aromatic N) is 2. The van der Waals surface area contributed by atoms with Crippen LogP contribution in [0.1, 0.15) is 25.2 Å². The zero-order valence-corrected chi connectivity index (χ0v) is 19.7. The molecule has 1 N–H and O–H groups in total. The number of sulfonamides is 1. The molecule has 0 spiro atoms. The maximum Gasteiger partial charge on any atom is 0.243 e. The highest BCUT2D eigenvalue weighted by molar-refractivity contribution is 7.98. The number of benzene rings is 2. The van der Waals surface area contributed by atoms with Crippen LogP contribution in [0.4, 0.5) is 0 Å². The molecule has 9 heteroatoms. The van der Waals surface area contributed by atoms with Crippen LogP contribution in [0.3, 0.4) is 0 Å². The monoisotopic (exact) mass is 465 g/mol. The summed E-state index contributed by atoms with van der Waals surface area (Å²) in [5.41, 5.74) is 2.13. The van der Waals surface area contributed by atoms with E-state index in [2.05, 4.69) is 9.97 Å². The highest BCUT2D eigenvalue weighted by Crippen LogP contribution is 2.31. The van der Waals surface area contributed by atoms with Crippen molar-refractivity contribution in [2.75, 3.05) is 26.5 Å². The van der Waals surface area contributed by atoms with E-state index in [0.29, 0.717) is 35.0 Å². The number of nitrogens with one attached hydrogen (secondary N) is 1. The van der Waals surface area contributed by atoms with Gasteiger partial charge < -0.3 is 9.72 Å². The van der Waals surface area contributed by atoms with Gasteiger partial charge in [0.15, 0.2) is 0 Å². The molecule has 0 bridgehead atoms. The first-order valence-electron chi connectivity index (χ1n) is 9.43. The molecule has 3 aromatic rings. The second-order valence-electron chi connectivity index (χ2n) is 6.46. The van der Waals surface area contributed by atoms with Crippen molar-refractivity contribution >= 4 is 55.5 Å². The topological polar surface area (TPSA) is 75.3 Å². The third-order valence-corrected chi connectivity index (χ3v) is 7.83. The number of hydrogen-bond acceptors (Lipinski definition) is 5. The van der Waals surface area contributed by atoms with Crippen LogP contribution in [0.5, 0.6) is 5.75 Å². The molecular formula is C21H24ClN3O3S2. The van der Waals surface area contributed by atoms with Gasteiger partial charge in [-0.3, -0.25) is 0 Å². The molecule has 0 aliphatic carbocycles. The van der Waals surface area contributed by atoms with Crippen LogP contribution in [0.25, 0.3) is 22.1 Å². The molecule has 0 amide bonds. The number of halogens is 1. The van der Waals surface area contributed by atoms with Crippen molar-refractivity contribution in [3.63, 3.8) is 0 Å². The molecular weight excluding hydrogens is 442 g/mol. The Balaban J connectivity index is 1.97. The molecule has 2 aromatic carbocycles. The van der Waals surface area contributed by atoms with Crippen molar-refractivity contribution in [3.8, 4) is 5.75 Å². The minimum Gasteiger partial charge on any atom is -0.496 e. The number of aromatic nitrogens is 2. The molecule has 0 radical (unpaired) electrons. The Morgan fingerprint density at radius 2 is 1.97 bits per heavy atom. The molecule has 3 rings (SSSR count). The van der Waals surface area contributed by atoms with Crippen molar-refractivity contribution in [1.82, 2.24) is 14.3 Å². The number of rotatable bonds is 8. The quantitative estimate of drug-likeness (QED) is 0.470. The Kier molecular flexibility index (Phi) is 7.13. The van der Waals surface area contributed by atoms with E-state index in [0.717, 1.165) is 16.2 Å². The summed E-state index contributed by atoms with van der Waals surface area (Å²) in [4.78, 5) is 8.88. The van der Waals surface area contributed by atoms with Gasteiger partial charge in [0.1, 0.15) is 11.6 Å². The average Bonchev–Trinajstić information content (AvgIpc) is 3.18. The Labute approximate surface area is 186 Å². The number of thioether (sulfide) groups is 1. The van der Waals surface area contributed by atoms with Gasteiger partial charge in [0, 0.05) is 18.0 Å². The first-order chi connectivity index (χ1) is 14.3. The van der Waals surface area contributed by atoms with E-state index in [1.54, 1.807) is 43.1 Å². The molecule has 1 heterocycles. The Morgan fingerprint density at radius 1 is 1.23 bits per heavy atom. The van der Waals surface area contributed by atoms with Gasteiger partial charge in [-0.05, 0) is 48.2 Å². The predicted molar refractivity (Wildman–Crippen MR) is 125 cm³/mol. The summed E-state index contributed by atoms with van der Waals surface area (Å²) in [6.07, 6.45) is 3.78. The van der Waals surface area contributed by atoms with Gasteiger partial charge in [0.25, 0.3) is 0 Å². The van der Waals surface area contributed by atoms with Crippen molar-refractivity contribution in [1.29, 1.82) is 0 Å². The van der Waals surface area contributed by atoms with Crippen LogP contribution in [-0.4, -0.2) is 49.1 Å². The van der Waals surface area contributed by atoms with Gasteiger partial charge >= 0.3 is 0 Å². The fraction of sp³-hybridized carbons (Fsp3) is 0.286. The second-order valence-corrected chi connectivity index (χ2v) is 9.65. The van der Waals surface area contributed by atoms with E-state index in [-0.39, 0.29) is 4.90 Å². The van der Waals surface area contributed by atoms with Crippen molar-refractivity contribution < 1.29 is 13.2 Å². The van der Waals surface area contributed by atoms with Crippen LogP contribution in [0.2, 0.25) is 0 Å². The third kappa shape index (κ3) is 4.51. The minimum atomic E-state index is -3.54. The van der Waals surface area contributed by atoms with Crippen LogP contribution >= 0.6 is 23.4 Å². The number of ether oxygens (including phenoxy) is 1. The fourth-order valence-corrected chi connectivity index (χ4v) is 5.38. The molecule has 6 nitrogen and oxygen atoms in total. The lowest BCUT2D eigenvalue weighted by molar-refractivity contribution is 0.405. The molecule has 0 saturated heterocycles. The predicted octanol–water partition coefficient (Wildman–Crippen LogP) is 5.06. The molecule has 0 unspecified atom stereocenters. The van der Waals surface area contributed by atoms with Gasteiger partial charge in [-0.25, -0.2) is 13.4 Å². The normalized spacial score (nSPS) is 12.7. The van der Waals surface area contributed by atoms with E-state index in [4.69, 9.17) is 16.3 Å². The first kappa shape index (κ1) is 22.7. The highest BCUT2D eigenvalue weighted by Gasteiger charge is 2.22. The fourth-order valence-electron chi connectivity index (χ4n) is 3.13. The molecule has 0 saturated carbocycles. The lowest BCUT2D eigenvalue weighted by atomic mass is 10.2. The summed E-state index contributed by atoms with van der Waals surface area (Å²) in [6.45, 7) is 4.47. The summed E-state index contributed by atoms with van der Waals surface area (Å²) >= 11 is 8.11. The Hall–Kier alpha value is -2.00. The van der Waals surface area contributed by atoms with Gasteiger partial charge in [-0.2, -0.15) is 4.31 Å². The maximum absolute atomic E-state index is 12.8. The summed E-state index contributed by atoms with van der Waals surface area (Å²) in [5, 5.41) is 0.415. The minimum absolute atomic E-state index is 0.228. The van der Waals surface area contributed by atoms with Gasteiger partial charge in [0.05, 0.1) is 28.1 Å². The Bertz CT molecular complexity index is 1190. The summed E-state index contributed by atoms with van der Waals surface area (Å²) in [7, 11) is -1.91. The number of aromatic amines is 1. The highest BCUT2D eigenvalue weighted by atomic mass is 35.5. The zero-order valence-electron chi connectivity index (χ0n) is 17.3.